The van der Waals surface area contributed by atoms with Crippen LogP contribution in [-0.4, -0.2) is 29.6 Å². The van der Waals surface area contributed by atoms with Gasteiger partial charge in [0, 0.05) is 12.5 Å². The molecule has 0 radical (unpaired) electrons. The van der Waals surface area contributed by atoms with Crippen LogP contribution in [-0.2, 0) is 4.79 Å². The molecule has 1 unspecified atom stereocenters. The molecular formula is C12H12FNO4. The number of benzene rings is 1. The summed E-state index contributed by atoms with van der Waals surface area (Å²) in [7, 11) is 0. The number of aromatic carboxylic acids is 1. The number of carboxylic acids is 1. The fraction of sp³-hybridized carbons (Fsp3) is 0.333. The van der Waals surface area contributed by atoms with Gasteiger partial charge in [0.2, 0.25) is 5.91 Å². The first-order valence-electron chi connectivity index (χ1n) is 5.51. The third-order valence-corrected chi connectivity index (χ3v) is 2.70. The number of amides is 1. The van der Waals surface area contributed by atoms with Gasteiger partial charge < -0.3 is 15.2 Å². The minimum atomic E-state index is -1.18. The zero-order valence-corrected chi connectivity index (χ0v) is 9.48. The quantitative estimate of drug-likeness (QED) is 0.844. The van der Waals surface area contributed by atoms with E-state index in [0.717, 1.165) is 18.2 Å². The lowest BCUT2D eigenvalue weighted by Gasteiger charge is -2.13. The number of hydrogen-bond donors (Lipinski definition) is 2. The van der Waals surface area contributed by atoms with Gasteiger partial charge in [0.15, 0.2) is 0 Å². The van der Waals surface area contributed by atoms with Crippen molar-refractivity contribution in [1.82, 2.24) is 5.32 Å². The van der Waals surface area contributed by atoms with Gasteiger partial charge in [-0.25, -0.2) is 9.18 Å². The molecule has 2 N–H and O–H groups in total. The maximum atomic E-state index is 13.0. The number of nitrogens with one attached hydrogen (secondary N) is 1. The molecule has 1 fully saturated rings. The summed E-state index contributed by atoms with van der Waals surface area (Å²) in [5.74, 6) is -1.82. The molecule has 6 heteroatoms. The van der Waals surface area contributed by atoms with Crippen molar-refractivity contribution >= 4 is 11.9 Å². The van der Waals surface area contributed by atoms with Gasteiger partial charge in [0.1, 0.15) is 23.7 Å². The van der Waals surface area contributed by atoms with Gasteiger partial charge in [-0.05, 0) is 18.6 Å². The summed E-state index contributed by atoms with van der Waals surface area (Å²) in [6.45, 7) is 0.134. The van der Waals surface area contributed by atoms with Crippen molar-refractivity contribution in [3.8, 4) is 5.75 Å². The van der Waals surface area contributed by atoms with Crippen LogP contribution in [0.4, 0.5) is 4.39 Å². The molecule has 1 aromatic carbocycles. The number of halogens is 1. The molecule has 0 saturated carbocycles. The lowest BCUT2D eigenvalue weighted by atomic mass is 10.2. The van der Waals surface area contributed by atoms with Crippen molar-refractivity contribution in [2.75, 3.05) is 6.61 Å². The van der Waals surface area contributed by atoms with Gasteiger partial charge in [0.25, 0.3) is 0 Å². The topological polar surface area (TPSA) is 75.6 Å². The summed E-state index contributed by atoms with van der Waals surface area (Å²) in [6.07, 6.45) is 1.07. The Bertz CT molecular complexity index is 489. The van der Waals surface area contributed by atoms with E-state index in [1.165, 1.54) is 0 Å². The fourth-order valence-electron chi connectivity index (χ4n) is 1.78. The van der Waals surface area contributed by atoms with Crippen molar-refractivity contribution in [3.63, 3.8) is 0 Å². The first-order chi connectivity index (χ1) is 8.56. The van der Waals surface area contributed by atoms with Crippen molar-refractivity contribution in [3.05, 3.63) is 29.6 Å². The first kappa shape index (κ1) is 12.3. The highest BCUT2D eigenvalue weighted by molar-refractivity contribution is 5.90. The highest BCUT2D eigenvalue weighted by Crippen LogP contribution is 2.21. The van der Waals surface area contributed by atoms with Crippen LogP contribution < -0.4 is 10.1 Å². The van der Waals surface area contributed by atoms with Gasteiger partial charge in [-0.3, -0.25) is 4.79 Å². The summed E-state index contributed by atoms with van der Waals surface area (Å²) >= 11 is 0. The van der Waals surface area contributed by atoms with Crippen LogP contribution in [0.5, 0.6) is 5.75 Å². The van der Waals surface area contributed by atoms with Gasteiger partial charge in [-0.1, -0.05) is 0 Å². The van der Waals surface area contributed by atoms with E-state index in [0.29, 0.717) is 12.8 Å². The molecule has 0 aliphatic carbocycles. The van der Waals surface area contributed by atoms with E-state index in [1.807, 2.05) is 0 Å². The Morgan fingerprint density at radius 3 is 2.94 bits per heavy atom. The number of carbonyl (C=O) groups excluding carboxylic acids is 1. The molecule has 1 heterocycles. The number of ether oxygens (including phenoxy) is 1. The molecule has 0 spiro atoms. The fourth-order valence-corrected chi connectivity index (χ4v) is 1.78. The summed E-state index contributed by atoms with van der Waals surface area (Å²) in [6, 6.07) is 3.09. The van der Waals surface area contributed by atoms with Crippen molar-refractivity contribution < 1.29 is 23.8 Å². The number of carbonyl (C=O) groups is 2. The van der Waals surface area contributed by atoms with Crippen LogP contribution in [0, 0.1) is 5.82 Å². The number of carboxylic acid groups (broad SMARTS) is 1. The van der Waals surface area contributed by atoms with E-state index >= 15 is 0 Å². The Balaban J connectivity index is 2.06. The second-order valence-electron chi connectivity index (χ2n) is 4.06. The van der Waals surface area contributed by atoms with Crippen LogP contribution >= 0.6 is 0 Å². The molecule has 0 bridgehead atoms. The maximum absolute atomic E-state index is 13.0. The maximum Gasteiger partial charge on any atom is 0.339 e. The lowest BCUT2D eigenvalue weighted by Crippen LogP contribution is -2.31. The standard InChI is InChI=1S/C12H12FNO4/c13-7-1-3-9(12(16)17)10(5-7)18-6-8-2-4-11(15)14-8/h1,3,5,8H,2,4,6H2,(H,14,15)(H,16,17). The van der Waals surface area contributed by atoms with Crippen LogP contribution in [0.15, 0.2) is 18.2 Å². The average Bonchev–Trinajstić information content (AvgIpc) is 2.72. The van der Waals surface area contributed by atoms with E-state index in [1.54, 1.807) is 0 Å². The molecular weight excluding hydrogens is 241 g/mol. The van der Waals surface area contributed by atoms with Gasteiger partial charge in [0.05, 0.1) is 6.04 Å². The summed E-state index contributed by atoms with van der Waals surface area (Å²) in [4.78, 5) is 21.9. The SMILES string of the molecule is O=C1CCC(COc2cc(F)ccc2C(=O)O)N1. The second-order valence-corrected chi connectivity index (χ2v) is 4.06. The van der Waals surface area contributed by atoms with Crippen molar-refractivity contribution in [2.24, 2.45) is 0 Å². The molecule has 1 atom stereocenters. The van der Waals surface area contributed by atoms with Crippen LogP contribution in [0.2, 0.25) is 0 Å². The molecule has 1 aromatic rings. The zero-order valence-electron chi connectivity index (χ0n) is 9.48. The predicted octanol–water partition coefficient (Wildman–Crippen LogP) is 1.18. The highest BCUT2D eigenvalue weighted by atomic mass is 19.1. The van der Waals surface area contributed by atoms with Crippen LogP contribution in [0.25, 0.3) is 0 Å². The molecule has 18 heavy (non-hydrogen) atoms. The summed E-state index contributed by atoms with van der Waals surface area (Å²) in [5, 5.41) is 11.6. The Morgan fingerprint density at radius 2 is 2.33 bits per heavy atom. The normalized spacial score (nSPS) is 18.5. The second kappa shape index (κ2) is 5.03. The van der Waals surface area contributed by atoms with E-state index in [9.17, 15) is 14.0 Å². The Morgan fingerprint density at radius 1 is 1.56 bits per heavy atom. The predicted molar refractivity (Wildman–Crippen MR) is 60.0 cm³/mol. The van der Waals surface area contributed by atoms with Crippen LogP contribution in [0.3, 0.4) is 0 Å². The van der Waals surface area contributed by atoms with Gasteiger partial charge in [-0.15, -0.1) is 0 Å². The van der Waals surface area contributed by atoms with E-state index in [-0.39, 0.29) is 29.9 Å². The van der Waals surface area contributed by atoms with Crippen molar-refractivity contribution in [1.29, 1.82) is 0 Å². The molecule has 1 aliphatic rings. The lowest BCUT2D eigenvalue weighted by molar-refractivity contribution is -0.119. The Hall–Kier alpha value is -2.11. The minimum Gasteiger partial charge on any atom is -0.490 e. The molecule has 1 amide bonds. The first-order valence-corrected chi connectivity index (χ1v) is 5.51. The monoisotopic (exact) mass is 253 g/mol. The smallest absolute Gasteiger partial charge is 0.339 e. The summed E-state index contributed by atoms with van der Waals surface area (Å²) in [5.41, 5.74) is -0.0966. The van der Waals surface area contributed by atoms with E-state index in [2.05, 4.69) is 5.32 Å². The molecule has 96 valence electrons. The van der Waals surface area contributed by atoms with E-state index in [4.69, 9.17) is 9.84 Å². The number of hydrogen-bond acceptors (Lipinski definition) is 3. The molecule has 1 saturated heterocycles. The van der Waals surface area contributed by atoms with Crippen molar-refractivity contribution in [2.45, 2.75) is 18.9 Å². The third-order valence-electron chi connectivity index (χ3n) is 2.70. The highest BCUT2D eigenvalue weighted by Gasteiger charge is 2.22. The molecule has 2 rings (SSSR count). The Kier molecular flexibility index (Phi) is 3.45. The zero-order chi connectivity index (χ0) is 13.1. The van der Waals surface area contributed by atoms with E-state index < -0.39 is 11.8 Å². The van der Waals surface area contributed by atoms with Gasteiger partial charge >= 0.3 is 5.97 Å². The van der Waals surface area contributed by atoms with Gasteiger partial charge in [-0.2, -0.15) is 0 Å². The Labute approximate surface area is 103 Å². The molecule has 5 nitrogen and oxygen atoms in total. The molecule has 0 aromatic heterocycles. The summed E-state index contributed by atoms with van der Waals surface area (Å²) < 4.78 is 18.3. The molecule has 1 aliphatic heterocycles. The number of rotatable bonds is 4. The largest absolute Gasteiger partial charge is 0.490 e. The van der Waals surface area contributed by atoms with Crippen LogP contribution in [0.1, 0.15) is 23.2 Å². The third kappa shape index (κ3) is 2.77. The minimum absolute atomic E-state index is 0.0244. The average molecular weight is 253 g/mol.